The van der Waals surface area contributed by atoms with E-state index in [0.717, 1.165) is 18.0 Å². The minimum atomic E-state index is -4.65. The summed E-state index contributed by atoms with van der Waals surface area (Å²) in [5.41, 5.74) is 1.06. The maximum atomic E-state index is 13.7. The molecular weight excluding hydrogens is 461 g/mol. The third-order valence-corrected chi connectivity index (χ3v) is 6.20. The second kappa shape index (κ2) is 8.78. The molecule has 2 aliphatic rings. The molecule has 4 rings (SSSR count). The van der Waals surface area contributed by atoms with Crippen molar-refractivity contribution in [1.82, 2.24) is 14.7 Å². The molecule has 2 aromatic rings. The van der Waals surface area contributed by atoms with Crippen LogP contribution in [0.3, 0.4) is 0 Å². The number of halogens is 3. The summed E-state index contributed by atoms with van der Waals surface area (Å²) in [4.78, 5) is 21.1. The first-order valence-corrected chi connectivity index (χ1v) is 12.2. The third kappa shape index (κ3) is 5.71. The van der Waals surface area contributed by atoms with Crippen LogP contribution in [0.2, 0.25) is 0 Å². The number of hydrogen-bond acceptors (Lipinski definition) is 7. The number of carbonyl (C=O) groups is 1. The van der Waals surface area contributed by atoms with Crippen LogP contribution in [0.4, 0.5) is 36.3 Å². The highest BCUT2D eigenvalue weighted by Crippen LogP contribution is 2.37. The van der Waals surface area contributed by atoms with Gasteiger partial charge in [-0.25, -0.2) is 18.1 Å². The van der Waals surface area contributed by atoms with Crippen molar-refractivity contribution in [2.24, 2.45) is 5.92 Å². The number of nitrogens with zero attached hydrogens (tertiary/aromatic N) is 3. The quantitative estimate of drug-likeness (QED) is 0.577. The van der Waals surface area contributed by atoms with E-state index in [1.807, 2.05) is 0 Å². The van der Waals surface area contributed by atoms with Crippen molar-refractivity contribution < 1.29 is 26.4 Å². The largest absolute Gasteiger partial charge is 0.421 e. The lowest BCUT2D eigenvalue weighted by atomic mass is 9.98. The van der Waals surface area contributed by atoms with E-state index in [2.05, 4.69) is 25.3 Å². The Bertz CT molecular complexity index is 1170. The molecule has 1 aromatic heterocycles. The summed E-state index contributed by atoms with van der Waals surface area (Å²) >= 11 is 0. The number of alkyl halides is 3. The van der Waals surface area contributed by atoms with Gasteiger partial charge in [-0.2, -0.15) is 18.2 Å². The average Bonchev–Trinajstić information content (AvgIpc) is 3.10. The summed E-state index contributed by atoms with van der Waals surface area (Å²) in [5, 5.41) is 5.63. The van der Waals surface area contributed by atoms with Crippen LogP contribution in [0.5, 0.6) is 0 Å². The highest BCUT2D eigenvalue weighted by molar-refractivity contribution is 7.88. The molecule has 0 spiro atoms. The van der Waals surface area contributed by atoms with Gasteiger partial charge >= 0.3 is 6.18 Å². The van der Waals surface area contributed by atoms with E-state index in [1.54, 1.807) is 18.2 Å². The van der Waals surface area contributed by atoms with Gasteiger partial charge in [-0.3, -0.25) is 4.79 Å². The van der Waals surface area contributed by atoms with Gasteiger partial charge in [0, 0.05) is 37.2 Å². The smallest absolute Gasteiger partial charge is 0.356 e. The molecule has 0 aliphatic carbocycles. The van der Waals surface area contributed by atoms with Crippen molar-refractivity contribution >= 4 is 39.1 Å². The van der Waals surface area contributed by atoms with Crippen LogP contribution in [0.1, 0.15) is 24.0 Å². The van der Waals surface area contributed by atoms with E-state index >= 15 is 0 Å². The van der Waals surface area contributed by atoms with Crippen LogP contribution in [-0.4, -0.2) is 50.2 Å². The molecule has 13 heteroatoms. The second-order valence-electron chi connectivity index (χ2n) is 8.23. The Hall–Kier alpha value is -2.93. The van der Waals surface area contributed by atoms with E-state index < -0.39 is 21.8 Å². The van der Waals surface area contributed by atoms with Crippen LogP contribution in [-0.2, 0) is 27.4 Å². The molecule has 1 amide bonds. The predicted molar refractivity (Wildman–Crippen MR) is 117 cm³/mol. The van der Waals surface area contributed by atoms with Crippen LogP contribution in [0, 0.1) is 5.92 Å². The zero-order valence-electron chi connectivity index (χ0n) is 17.7. The van der Waals surface area contributed by atoms with Gasteiger partial charge < -0.3 is 15.5 Å². The van der Waals surface area contributed by atoms with E-state index in [-0.39, 0.29) is 43.1 Å². The summed E-state index contributed by atoms with van der Waals surface area (Å²) < 4.78 is 66.3. The van der Waals surface area contributed by atoms with Gasteiger partial charge in [0.2, 0.25) is 21.9 Å². The Morgan fingerprint density at radius 3 is 2.82 bits per heavy atom. The first-order valence-electron chi connectivity index (χ1n) is 10.3. The number of anilines is 4. The molecule has 2 aliphatic heterocycles. The Balaban J connectivity index is 1.58. The molecule has 0 bridgehead atoms. The van der Waals surface area contributed by atoms with Crippen molar-refractivity contribution in [3.05, 3.63) is 35.5 Å². The highest BCUT2D eigenvalue weighted by Gasteiger charge is 2.38. The van der Waals surface area contributed by atoms with Gasteiger partial charge in [0.05, 0.1) is 12.7 Å². The lowest BCUT2D eigenvalue weighted by Gasteiger charge is -2.34. The second-order valence-corrected chi connectivity index (χ2v) is 10.1. The first-order chi connectivity index (χ1) is 15.5. The number of nitrogens with one attached hydrogen (secondary N) is 3. The summed E-state index contributed by atoms with van der Waals surface area (Å²) in [7, 11) is -3.40. The number of aromatic nitrogens is 2. The number of rotatable bonds is 6. The Morgan fingerprint density at radius 2 is 2.09 bits per heavy atom. The van der Waals surface area contributed by atoms with Crippen LogP contribution in [0.15, 0.2) is 24.4 Å². The summed E-state index contributed by atoms with van der Waals surface area (Å²) in [6, 6.07) is 5.11. The summed E-state index contributed by atoms with van der Waals surface area (Å²) in [6.07, 6.45) is -1.33. The molecule has 3 heterocycles. The van der Waals surface area contributed by atoms with Crippen molar-refractivity contribution in [1.29, 1.82) is 0 Å². The van der Waals surface area contributed by atoms with E-state index in [4.69, 9.17) is 0 Å². The van der Waals surface area contributed by atoms with Gasteiger partial charge in [0.25, 0.3) is 0 Å². The van der Waals surface area contributed by atoms with Crippen molar-refractivity contribution in [2.45, 2.75) is 25.4 Å². The Kier molecular flexibility index (Phi) is 6.18. The van der Waals surface area contributed by atoms with Gasteiger partial charge in [0.15, 0.2) is 0 Å². The molecule has 1 saturated heterocycles. The number of sulfonamides is 1. The van der Waals surface area contributed by atoms with Crippen LogP contribution in [0.25, 0.3) is 0 Å². The van der Waals surface area contributed by atoms with E-state index in [9.17, 15) is 26.4 Å². The fraction of sp³-hybridized carbons (Fsp3) is 0.450. The third-order valence-electron chi connectivity index (χ3n) is 5.51. The van der Waals surface area contributed by atoms with Gasteiger partial charge in [0.1, 0.15) is 11.4 Å². The zero-order valence-corrected chi connectivity index (χ0v) is 18.6. The normalized spacial score (nSPS) is 18.7. The summed E-state index contributed by atoms with van der Waals surface area (Å²) in [6.45, 7) is 0.741. The molecule has 0 radical (unpaired) electrons. The van der Waals surface area contributed by atoms with Crippen molar-refractivity contribution in [3.63, 3.8) is 0 Å². The molecule has 1 aromatic carbocycles. The molecule has 9 nitrogen and oxygen atoms in total. The van der Waals surface area contributed by atoms with Gasteiger partial charge in [-0.05, 0) is 42.5 Å². The number of benzene rings is 1. The first kappa shape index (κ1) is 23.2. The van der Waals surface area contributed by atoms with E-state index in [1.165, 1.54) is 4.90 Å². The maximum absolute atomic E-state index is 13.7. The molecule has 0 unspecified atom stereocenters. The van der Waals surface area contributed by atoms with Gasteiger partial charge in [-0.1, -0.05) is 0 Å². The number of hydrogen-bond donors (Lipinski definition) is 3. The fourth-order valence-corrected chi connectivity index (χ4v) is 4.54. The van der Waals surface area contributed by atoms with Crippen molar-refractivity contribution in [2.75, 3.05) is 41.4 Å². The predicted octanol–water partition coefficient (Wildman–Crippen LogP) is 2.50. The molecule has 1 atom stereocenters. The monoisotopic (exact) mass is 484 g/mol. The molecule has 33 heavy (non-hydrogen) atoms. The minimum absolute atomic E-state index is 0.00776. The molecule has 0 saturated carbocycles. The maximum Gasteiger partial charge on any atom is 0.421 e. The lowest BCUT2D eigenvalue weighted by Crippen LogP contribution is -2.42. The molecule has 1 fully saturated rings. The molecule has 178 valence electrons. The number of piperidine rings is 1. The van der Waals surface area contributed by atoms with Crippen LogP contribution >= 0.6 is 0 Å². The van der Waals surface area contributed by atoms with Crippen LogP contribution < -0.4 is 20.3 Å². The SMILES string of the molecule is CS(=O)(=O)NC[C@H]1CCCN(c2nc(Nc3ccc4c(c3)CC(=O)N4)ncc2C(F)(F)F)C1. The Labute approximate surface area is 188 Å². The lowest BCUT2D eigenvalue weighted by molar-refractivity contribution is -0.137. The standard InChI is InChI=1S/C20H23F3N6O3S/c1-33(31,32)25-9-12-3-2-6-29(11-12)18-15(20(21,22)23)10-24-19(28-18)26-14-4-5-16-13(7-14)8-17(30)27-16/h4-5,7,10,12,25H,2-3,6,8-9,11H2,1H3,(H,27,30)(H,24,26,28)/t12-/m1/s1. The van der Waals surface area contributed by atoms with E-state index in [0.29, 0.717) is 30.8 Å². The van der Waals surface area contributed by atoms with Crippen molar-refractivity contribution in [3.8, 4) is 0 Å². The fourth-order valence-electron chi connectivity index (χ4n) is 4.00. The molecular formula is C20H23F3N6O3S. The minimum Gasteiger partial charge on any atom is -0.356 e. The number of amides is 1. The number of fused-ring (bicyclic) bond motifs is 1. The zero-order chi connectivity index (χ0) is 23.8. The van der Waals surface area contributed by atoms with Gasteiger partial charge in [-0.15, -0.1) is 0 Å². The summed E-state index contributed by atoms with van der Waals surface area (Å²) in [5.74, 6) is -0.531. The average molecular weight is 485 g/mol. The molecule has 3 N–H and O–H groups in total. The number of carbonyl (C=O) groups excluding carboxylic acids is 1. The Morgan fingerprint density at radius 1 is 1.30 bits per heavy atom. The topological polar surface area (TPSA) is 116 Å². The highest BCUT2D eigenvalue weighted by atomic mass is 32.2.